The smallest absolute Gasteiger partial charge is 0.239 e. The molecule has 1 aliphatic rings. The number of benzene rings is 1. The Kier molecular flexibility index (Phi) is 9.99. The van der Waals surface area contributed by atoms with Gasteiger partial charge in [0.15, 0.2) is 6.23 Å². The van der Waals surface area contributed by atoms with Gasteiger partial charge in [-0.2, -0.15) is 0 Å². The van der Waals surface area contributed by atoms with E-state index in [2.05, 4.69) is 32.4 Å². The minimum atomic E-state index is -0.835. The van der Waals surface area contributed by atoms with Gasteiger partial charge in [-0.25, -0.2) is 10.1 Å². The Bertz CT molecular complexity index is 729. The van der Waals surface area contributed by atoms with E-state index in [4.69, 9.17) is 11.0 Å². The summed E-state index contributed by atoms with van der Waals surface area (Å²) in [6, 6.07) is 6.93. The molecule has 2 unspecified atom stereocenters. The summed E-state index contributed by atoms with van der Waals surface area (Å²) in [6.07, 6.45) is 4.56. The number of nitrogens with zero attached hydrogens (tertiary/aromatic N) is 1. The minimum absolute atomic E-state index is 0.0729. The van der Waals surface area contributed by atoms with Gasteiger partial charge >= 0.3 is 0 Å². The number of anilines is 1. The van der Waals surface area contributed by atoms with Crippen molar-refractivity contribution >= 4 is 23.3 Å². The molecule has 1 saturated heterocycles. The van der Waals surface area contributed by atoms with Crippen molar-refractivity contribution in [2.75, 3.05) is 18.4 Å². The lowest BCUT2D eigenvalue weighted by molar-refractivity contribution is -0.284. The molecular formula is C21H31N5O4. The van der Waals surface area contributed by atoms with E-state index in [9.17, 15) is 9.59 Å². The van der Waals surface area contributed by atoms with E-state index in [1.165, 1.54) is 6.08 Å². The van der Waals surface area contributed by atoms with Crippen LogP contribution in [0.1, 0.15) is 37.7 Å². The molecule has 1 aliphatic heterocycles. The second kappa shape index (κ2) is 12.7. The van der Waals surface area contributed by atoms with Crippen molar-refractivity contribution in [1.29, 1.82) is 0 Å². The van der Waals surface area contributed by atoms with Gasteiger partial charge < -0.3 is 21.7 Å². The molecule has 1 heterocycles. The summed E-state index contributed by atoms with van der Waals surface area (Å²) < 4.78 is 0. The second-order valence-corrected chi connectivity index (χ2v) is 7.17. The van der Waals surface area contributed by atoms with Gasteiger partial charge in [0.05, 0.1) is 6.04 Å². The summed E-state index contributed by atoms with van der Waals surface area (Å²) >= 11 is 0. The monoisotopic (exact) mass is 417 g/mol. The van der Waals surface area contributed by atoms with Crippen molar-refractivity contribution in [3.05, 3.63) is 42.5 Å². The second-order valence-electron chi connectivity index (χ2n) is 7.17. The van der Waals surface area contributed by atoms with Gasteiger partial charge in [-0.15, -0.1) is 0 Å². The highest BCUT2D eigenvalue weighted by atomic mass is 17.1. The quantitative estimate of drug-likeness (QED) is 0.0874. The molecule has 6 N–H and O–H groups in total. The van der Waals surface area contributed by atoms with E-state index >= 15 is 0 Å². The van der Waals surface area contributed by atoms with E-state index in [0.717, 1.165) is 31.4 Å². The number of carbonyl (C=O) groups is 2. The van der Waals surface area contributed by atoms with Crippen LogP contribution in [0.3, 0.4) is 0 Å². The predicted molar refractivity (Wildman–Crippen MR) is 116 cm³/mol. The summed E-state index contributed by atoms with van der Waals surface area (Å²) in [6.45, 7) is 4.91. The number of nitrogens with two attached hydrogens (primary N) is 1. The summed E-state index contributed by atoms with van der Waals surface area (Å²) in [5.41, 5.74) is 7.06. The van der Waals surface area contributed by atoms with Crippen LogP contribution in [0.15, 0.2) is 41.9 Å². The highest BCUT2D eigenvalue weighted by molar-refractivity contribution is 5.91. The standard InChI is InChI=1S/C21H31N5O4/c1-2-18(22)24-12-4-3-7-19(27)25-16-10-8-15(9-11-16)14-20(30-29)26-21(28)17-6-5-13-23-17/h2,8-11,17,20,23,29H,1,3-7,12-14H2,(H2,22,24)(H,25,27)(H,26,28). The highest BCUT2D eigenvalue weighted by Crippen LogP contribution is 2.13. The van der Waals surface area contributed by atoms with Gasteiger partial charge in [-0.05, 0) is 56.0 Å². The number of hydrogen-bond acceptors (Lipinski definition) is 6. The fourth-order valence-electron chi connectivity index (χ4n) is 3.11. The van der Waals surface area contributed by atoms with Gasteiger partial charge in [0.2, 0.25) is 11.8 Å². The van der Waals surface area contributed by atoms with Crippen LogP contribution in [0, 0.1) is 0 Å². The van der Waals surface area contributed by atoms with E-state index in [0.29, 0.717) is 37.3 Å². The van der Waals surface area contributed by atoms with Crippen LogP contribution in [0.5, 0.6) is 0 Å². The molecule has 0 radical (unpaired) electrons. The molecule has 2 rings (SSSR count). The van der Waals surface area contributed by atoms with E-state index in [1.54, 1.807) is 12.1 Å². The summed E-state index contributed by atoms with van der Waals surface area (Å²) in [7, 11) is 0. The number of nitrogens with one attached hydrogen (secondary N) is 3. The Hall–Kier alpha value is -2.75. The van der Waals surface area contributed by atoms with Crippen LogP contribution in [0.4, 0.5) is 5.69 Å². The van der Waals surface area contributed by atoms with Crippen molar-refractivity contribution in [1.82, 2.24) is 10.6 Å². The maximum Gasteiger partial charge on any atom is 0.239 e. The molecule has 30 heavy (non-hydrogen) atoms. The first-order valence-electron chi connectivity index (χ1n) is 10.2. The molecular weight excluding hydrogens is 386 g/mol. The van der Waals surface area contributed by atoms with Crippen LogP contribution in [0.25, 0.3) is 0 Å². The van der Waals surface area contributed by atoms with Crippen molar-refractivity contribution in [3.63, 3.8) is 0 Å². The molecule has 9 heteroatoms. The number of hydrogen-bond donors (Lipinski definition) is 5. The van der Waals surface area contributed by atoms with Crippen LogP contribution in [-0.4, -0.2) is 48.3 Å². The molecule has 0 aromatic heterocycles. The lowest BCUT2D eigenvalue weighted by Crippen LogP contribution is -2.46. The van der Waals surface area contributed by atoms with Gasteiger partial charge in [-0.1, -0.05) is 18.7 Å². The third kappa shape index (κ3) is 8.32. The van der Waals surface area contributed by atoms with Crippen LogP contribution in [0.2, 0.25) is 0 Å². The van der Waals surface area contributed by atoms with E-state index in [-0.39, 0.29) is 17.9 Å². The van der Waals surface area contributed by atoms with Crippen molar-refractivity contribution in [2.45, 2.75) is 50.8 Å². The number of aliphatic imine (C=N–C) groups is 1. The average Bonchev–Trinajstić information content (AvgIpc) is 3.29. The minimum Gasteiger partial charge on any atom is -0.384 e. The maximum absolute atomic E-state index is 12.1. The Balaban J connectivity index is 1.73. The number of carbonyl (C=O) groups excluding carboxylic acids is 2. The maximum atomic E-state index is 12.1. The molecule has 1 aromatic rings. The largest absolute Gasteiger partial charge is 0.384 e. The Morgan fingerprint density at radius 1 is 1.37 bits per heavy atom. The van der Waals surface area contributed by atoms with Crippen molar-refractivity contribution in [3.8, 4) is 0 Å². The fourth-order valence-corrected chi connectivity index (χ4v) is 3.11. The summed E-state index contributed by atoms with van der Waals surface area (Å²) in [4.78, 5) is 32.7. The van der Waals surface area contributed by atoms with Gasteiger partial charge in [0.25, 0.3) is 0 Å². The van der Waals surface area contributed by atoms with Gasteiger partial charge in [0.1, 0.15) is 5.84 Å². The number of rotatable bonds is 12. The highest BCUT2D eigenvalue weighted by Gasteiger charge is 2.24. The Morgan fingerprint density at radius 2 is 2.13 bits per heavy atom. The lowest BCUT2D eigenvalue weighted by Gasteiger charge is -2.18. The zero-order chi connectivity index (χ0) is 21.8. The summed E-state index contributed by atoms with van der Waals surface area (Å²) in [5.74, 6) is 0.146. The number of amides is 2. The third-order valence-electron chi connectivity index (χ3n) is 4.78. The van der Waals surface area contributed by atoms with E-state index < -0.39 is 6.23 Å². The first kappa shape index (κ1) is 23.5. The zero-order valence-corrected chi connectivity index (χ0v) is 17.1. The molecule has 0 bridgehead atoms. The van der Waals surface area contributed by atoms with Crippen molar-refractivity contribution in [2.24, 2.45) is 10.7 Å². The first-order valence-corrected chi connectivity index (χ1v) is 10.2. The lowest BCUT2D eigenvalue weighted by atomic mass is 10.1. The van der Waals surface area contributed by atoms with Crippen LogP contribution in [-0.2, 0) is 20.9 Å². The molecule has 0 aliphatic carbocycles. The number of amidine groups is 1. The molecule has 2 atom stereocenters. The molecule has 1 fully saturated rings. The molecule has 0 spiro atoms. The Morgan fingerprint density at radius 3 is 2.77 bits per heavy atom. The first-order chi connectivity index (χ1) is 14.5. The van der Waals surface area contributed by atoms with Crippen LogP contribution >= 0.6 is 0 Å². The SMILES string of the molecule is C=CC(N)=NCCCCC(=O)Nc1ccc(CC(NC(=O)C2CCCN2)OO)cc1. The zero-order valence-electron chi connectivity index (χ0n) is 17.1. The number of unbranched alkanes of at least 4 members (excludes halogenated alkanes) is 1. The molecule has 9 nitrogen and oxygen atoms in total. The van der Waals surface area contributed by atoms with Crippen LogP contribution < -0.4 is 21.7 Å². The Labute approximate surface area is 176 Å². The third-order valence-corrected chi connectivity index (χ3v) is 4.78. The fraction of sp³-hybridized carbons (Fsp3) is 0.476. The van der Waals surface area contributed by atoms with Crippen molar-refractivity contribution < 1.29 is 19.7 Å². The molecule has 0 saturated carbocycles. The summed E-state index contributed by atoms with van der Waals surface area (Å²) in [5, 5.41) is 17.7. The van der Waals surface area contributed by atoms with E-state index in [1.807, 2.05) is 12.1 Å². The molecule has 2 amide bonds. The normalized spacial score (nSPS) is 17.4. The topological polar surface area (TPSA) is 138 Å². The van der Waals surface area contributed by atoms with Gasteiger partial charge in [0, 0.05) is 25.1 Å². The molecule has 164 valence electrons. The van der Waals surface area contributed by atoms with Gasteiger partial charge in [-0.3, -0.25) is 14.6 Å². The average molecular weight is 418 g/mol. The molecule has 1 aromatic carbocycles. The predicted octanol–water partition coefficient (Wildman–Crippen LogP) is 1.57.